The summed E-state index contributed by atoms with van der Waals surface area (Å²) in [5, 5.41) is 4.50. The van der Waals surface area contributed by atoms with E-state index in [-0.39, 0.29) is 17.9 Å². The van der Waals surface area contributed by atoms with E-state index in [0.29, 0.717) is 28.7 Å². The molecule has 0 spiro atoms. The summed E-state index contributed by atoms with van der Waals surface area (Å²) in [6.45, 7) is 1.81. The Morgan fingerprint density at radius 3 is 2.57 bits per heavy atom. The van der Waals surface area contributed by atoms with Crippen molar-refractivity contribution in [1.82, 2.24) is 19.3 Å². The van der Waals surface area contributed by atoms with Gasteiger partial charge in [0.15, 0.2) is 11.6 Å². The van der Waals surface area contributed by atoms with Crippen molar-refractivity contribution >= 4 is 34.3 Å². The molecule has 1 N–H and O–H groups in total. The number of rotatable bonds is 7. The first kappa shape index (κ1) is 22.7. The Labute approximate surface area is 205 Å². The van der Waals surface area contributed by atoms with Crippen LogP contribution in [0, 0.1) is 6.92 Å². The lowest BCUT2D eigenvalue weighted by Crippen LogP contribution is -2.23. The van der Waals surface area contributed by atoms with E-state index in [4.69, 9.17) is 4.42 Å². The first-order valence-corrected chi connectivity index (χ1v) is 12.1. The maximum Gasteiger partial charge on any atom is 0.295 e. The predicted octanol–water partition coefficient (Wildman–Crippen LogP) is 4.81. The van der Waals surface area contributed by atoms with Gasteiger partial charge >= 0.3 is 0 Å². The highest BCUT2D eigenvalue weighted by Crippen LogP contribution is 2.29. The van der Waals surface area contributed by atoms with Gasteiger partial charge in [0.2, 0.25) is 5.91 Å². The van der Waals surface area contributed by atoms with Gasteiger partial charge in [-0.15, -0.1) is 11.8 Å². The summed E-state index contributed by atoms with van der Waals surface area (Å²) in [5.41, 5.74) is 2.26. The van der Waals surface area contributed by atoms with Crippen LogP contribution < -0.4 is 10.9 Å². The average molecular weight is 486 g/mol. The highest BCUT2D eigenvalue weighted by atomic mass is 32.2. The second-order valence-electron chi connectivity index (χ2n) is 7.93. The highest BCUT2D eigenvalue weighted by molar-refractivity contribution is 7.99. The number of para-hydroxylation sites is 2. The van der Waals surface area contributed by atoms with Crippen molar-refractivity contribution < 1.29 is 9.21 Å². The molecule has 35 heavy (non-hydrogen) atoms. The van der Waals surface area contributed by atoms with Gasteiger partial charge in [-0.25, -0.2) is 14.6 Å². The molecule has 0 bridgehead atoms. The molecule has 9 heteroatoms. The molecule has 8 nitrogen and oxygen atoms in total. The topological polar surface area (TPSA) is 95.0 Å². The first-order chi connectivity index (χ1) is 17.0. The number of nitrogens with zero attached hydrogens (tertiary/aromatic N) is 4. The van der Waals surface area contributed by atoms with Crippen molar-refractivity contribution in [2.45, 2.75) is 18.4 Å². The van der Waals surface area contributed by atoms with E-state index in [1.54, 1.807) is 28.7 Å². The molecule has 0 saturated heterocycles. The molecule has 3 heterocycles. The molecular formula is C26H23N5O3S. The minimum Gasteiger partial charge on any atom is -0.461 e. The van der Waals surface area contributed by atoms with Gasteiger partial charge in [0.25, 0.3) is 5.56 Å². The third-order valence-corrected chi connectivity index (χ3v) is 6.69. The Morgan fingerprint density at radius 2 is 1.80 bits per heavy atom. The Balaban J connectivity index is 1.32. The van der Waals surface area contributed by atoms with Crippen LogP contribution in [0.4, 0.5) is 5.69 Å². The monoisotopic (exact) mass is 485 g/mol. The van der Waals surface area contributed by atoms with Crippen LogP contribution in [0.25, 0.3) is 28.2 Å². The SMILES string of the molecule is Cc1c(NC(=O)CCSc2nc(-c3ccco3)nc3ccccc23)c(=O)n(-c2ccccc2)n1C. The number of hydrogen-bond acceptors (Lipinski definition) is 6. The fourth-order valence-corrected chi connectivity index (χ4v) is 4.79. The number of hydrogen-bond donors (Lipinski definition) is 1. The average Bonchev–Trinajstić information content (AvgIpc) is 3.48. The molecule has 2 aromatic carbocycles. The van der Waals surface area contributed by atoms with Crippen molar-refractivity contribution in [2.75, 3.05) is 11.1 Å². The number of amides is 1. The molecule has 0 aliphatic carbocycles. The summed E-state index contributed by atoms with van der Waals surface area (Å²) < 4.78 is 8.75. The molecule has 0 fully saturated rings. The number of aromatic nitrogens is 4. The van der Waals surface area contributed by atoms with Crippen LogP contribution in [0.3, 0.4) is 0 Å². The number of anilines is 1. The Kier molecular flexibility index (Phi) is 6.24. The Hall–Kier alpha value is -4.11. The number of furan rings is 1. The number of carbonyl (C=O) groups excluding carboxylic acids is 1. The minimum absolute atomic E-state index is 0.220. The molecule has 176 valence electrons. The Bertz CT molecular complexity index is 1560. The fourth-order valence-electron chi connectivity index (χ4n) is 3.83. The van der Waals surface area contributed by atoms with E-state index in [1.807, 2.05) is 67.6 Å². The van der Waals surface area contributed by atoms with Crippen molar-refractivity contribution in [3.63, 3.8) is 0 Å². The Morgan fingerprint density at radius 1 is 1.03 bits per heavy atom. The fraction of sp³-hybridized carbons (Fsp3) is 0.154. The summed E-state index contributed by atoms with van der Waals surface area (Å²) in [5.74, 6) is 1.35. The van der Waals surface area contributed by atoms with Crippen LogP contribution in [-0.2, 0) is 11.8 Å². The smallest absolute Gasteiger partial charge is 0.295 e. The molecule has 1 amide bonds. The van der Waals surface area contributed by atoms with Crippen LogP contribution >= 0.6 is 11.8 Å². The summed E-state index contributed by atoms with van der Waals surface area (Å²) in [7, 11) is 1.80. The maximum atomic E-state index is 13.0. The van der Waals surface area contributed by atoms with Gasteiger partial charge in [0, 0.05) is 24.6 Å². The zero-order chi connectivity index (χ0) is 24.4. The van der Waals surface area contributed by atoms with E-state index in [0.717, 1.165) is 21.6 Å². The van der Waals surface area contributed by atoms with Crippen molar-refractivity contribution in [3.8, 4) is 17.3 Å². The van der Waals surface area contributed by atoms with Gasteiger partial charge < -0.3 is 9.73 Å². The lowest BCUT2D eigenvalue weighted by molar-refractivity contribution is -0.115. The van der Waals surface area contributed by atoms with Crippen LogP contribution in [0.1, 0.15) is 12.1 Å². The highest BCUT2D eigenvalue weighted by Gasteiger charge is 2.18. The van der Waals surface area contributed by atoms with Gasteiger partial charge in [0.05, 0.1) is 23.2 Å². The lowest BCUT2D eigenvalue weighted by atomic mass is 10.2. The minimum atomic E-state index is -0.262. The number of fused-ring (bicyclic) bond motifs is 1. The molecule has 5 aromatic rings. The molecule has 0 radical (unpaired) electrons. The predicted molar refractivity (Wildman–Crippen MR) is 137 cm³/mol. The summed E-state index contributed by atoms with van der Waals surface area (Å²) in [6.07, 6.45) is 1.81. The molecular weight excluding hydrogens is 462 g/mol. The van der Waals surface area contributed by atoms with E-state index in [2.05, 4.69) is 15.3 Å². The van der Waals surface area contributed by atoms with Crippen LogP contribution in [-0.4, -0.2) is 31.0 Å². The van der Waals surface area contributed by atoms with E-state index < -0.39 is 0 Å². The van der Waals surface area contributed by atoms with Gasteiger partial charge in [-0.05, 0) is 37.3 Å². The number of carbonyl (C=O) groups is 1. The standard InChI is InChI=1S/C26H23N5O3S/c1-17-23(26(33)31(30(17)2)18-9-4-3-5-10-18)28-22(32)14-16-35-25-19-11-6-7-12-20(19)27-24(29-25)21-13-8-15-34-21/h3-13,15H,14,16H2,1-2H3,(H,28,32). The normalized spacial score (nSPS) is 11.1. The van der Waals surface area contributed by atoms with E-state index in [9.17, 15) is 9.59 Å². The summed E-state index contributed by atoms with van der Waals surface area (Å²) in [4.78, 5) is 35.1. The van der Waals surface area contributed by atoms with Gasteiger partial charge in [-0.2, -0.15) is 0 Å². The molecule has 3 aromatic heterocycles. The zero-order valence-corrected chi connectivity index (χ0v) is 20.1. The molecule has 0 saturated carbocycles. The molecule has 0 aliphatic rings. The van der Waals surface area contributed by atoms with Crippen LogP contribution in [0.15, 0.2) is 87.2 Å². The van der Waals surface area contributed by atoms with Crippen molar-refractivity contribution in [1.29, 1.82) is 0 Å². The van der Waals surface area contributed by atoms with Gasteiger partial charge in [0.1, 0.15) is 10.7 Å². The molecule has 0 unspecified atom stereocenters. The number of nitrogens with one attached hydrogen (secondary N) is 1. The van der Waals surface area contributed by atoms with E-state index in [1.165, 1.54) is 11.8 Å². The zero-order valence-electron chi connectivity index (χ0n) is 19.3. The summed E-state index contributed by atoms with van der Waals surface area (Å²) in [6, 6.07) is 20.7. The second kappa shape index (κ2) is 9.63. The third kappa shape index (κ3) is 4.50. The molecule has 0 atom stereocenters. The quantitative estimate of drug-likeness (QED) is 0.263. The van der Waals surface area contributed by atoms with Crippen LogP contribution in [0.5, 0.6) is 0 Å². The van der Waals surface area contributed by atoms with Crippen LogP contribution in [0.2, 0.25) is 0 Å². The largest absolute Gasteiger partial charge is 0.461 e. The molecule has 5 rings (SSSR count). The number of benzene rings is 2. The molecule has 0 aliphatic heterocycles. The number of thioether (sulfide) groups is 1. The van der Waals surface area contributed by atoms with Gasteiger partial charge in [-0.3, -0.25) is 14.3 Å². The van der Waals surface area contributed by atoms with Gasteiger partial charge in [-0.1, -0.05) is 36.4 Å². The van der Waals surface area contributed by atoms with E-state index >= 15 is 0 Å². The maximum absolute atomic E-state index is 13.0. The summed E-state index contributed by atoms with van der Waals surface area (Å²) >= 11 is 1.47. The second-order valence-corrected chi connectivity index (χ2v) is 9.01. The van der Waals surface area contributed by atoms with Crippen molar-refractivity contribution in [3.05, 3.63) is 89.0 Å². The third-order valence-electron chi connectivity index (χ3n) is 5.70. The van der Waals surface area contributed by atoms with Crippen molar-refractivity contribution in [2.24, 2.45) is 7.05 Å². The first-order valence-electron chi connectivity index (χ1n) is 11.1. The lowest BCUT2D eigenvalue weighted by Gasteiger charge is -2.08.